The lowest BCUT2D eigenvalue weighted by Gasteiger charge is -2.16. The van der Waals surface area contributed by atoms with E-state index in [0.29, 0.717) is 5.02 Å². The largest absolute Gasteiger partial charge is 0.374 e. The second kappa shape index (κ2) is 7.10. The van der Waals surface area contributed by atoms with Gasteiger partial charge in [0.2, 0.25) is 5.91 Å². The summed E-state index contributed by atoms with van der Waals surface area (Å²) in [6, 6.07) is 13.8. The van der Waals surface area contributed by atoms with Crippen molar-refractivity contribution in [2.75, 3.05) is 18.5 Å². The molecule has 1 N–H and O–H groups in total. The molecule has 1 amide bonds. The van der Waals surface area contributed by atoms with Gasteiger partial charge in [0.25, 0.3) is 0 Å². The minimum atomic E-state index is -0.102. The molecule has 0 saturated heterocycles. The summed E-state index contributed by atoms with van der Waals surface area (Å²) in [6.45, 7) is 3.07. The van der Waals surface area contributed by atoms with Crippen molar-refractivity contribution < 1.29 is 4.79 Å². The van der Waals surface area contributed by atoms with E-state index < -0.39 is 0 Å². The van der Waals surface area contributed by atoms with E-state index >= 15 is 0 Å². The van der Waals surface area contributed by atoms with Crippen LogP contribution < -0.4 is 10.2 Å². The predicted octanol–water partition coefficient (Wildman–Crippen LogP) is 4.22. The normalized spacial score (nSPS) is 14.7. The summed E-state index contributed by atoms with van der Waals surface area (Å²) in [5.74, 6) is -0.102. The van der Waals surface area contributed by atoms with Crippen LogP contribution in [0.1, 0.15) is 29.7 Å². The third kappa shape index (κ3) is 3.80. The van der Waals surface area contributed by atoms with Gasteiger partial charge in [-0.25, -0.2) is 0 Å². The Labute approximate surface area is 147 Å². The number of benzene rings is 2. The van der Waals surface area contributed by atoms with Crippen molar-refractivity contribution >= 4 is 29.3 Å². The Morgan fingerprint density at radius 3 is 2.75 bits per heavy atom. The number of carbonyl (C=O) groups excluding carboxylic acids is 1. The van der Waals surface area contributed by atoms with E-state index in [1.807, 2.05) is 31.2 Å². The Balaban J connectivity index is 1.63. The monoisotopic (exact) mass is 340 g/mol. The molecule has 124 valence electrons. The van der Waals surface area contributed by atoms with Crippen LogP contribution in [0, 0.1) is 0 Å². The maximum atomic E-state index is 12.1. The van der Waals surface area contributed by atoms with Gasteiger partial charge in [-0.15, -0.1) is 0 Å². The average Bonchev–Trinajstić information content (AvgIpc) is 2.95. The third-order valence-electron chi connectivity index (χ3n) is 4.39. The van der Waals surface area contributed by atoms with E-state index in [9.17, 15) is 4.79 Å². The smallest absolute Gasteiger partial charge is 0.244 e. The summed E-state index contributed by atoms with van der Waals surface area (Å²) in [4.78, 5) is 14.4. The summed E-state index contributed by atoms with van der Waals surface area (Å²) in [6.07, 6.45) is 4.41. The van der Waals surface area contributed by atoms with Crippen LogP contribution in [0.4, 0.5) is 5.69 Å². The molecule has 4 heteroatoms. The van der Waals surface area contributed by atoms with Gasteiger partial charge in [0.15, 0.2) is 0 Å². The fourth-order valence-electron chi connectivity index (χ4n) is 2.95. The van der Waals surface area contributed by atoms with Crippen LogP contribution in [0.2, 0.25) is 5.02 Å². The second-order valence-electron chi connectivity index (χ2n) is 6.17. The molecular formula is C20H21ClN2O. The highest BCUT2D eigenvalue weighted by molar-refractivity contribution is 6.30. The Hall–Kier alpha value is -2.26. The summed E-state index contributed by atoms with van der Waals surface area (Å²) in [5.41, 5.74) is 4.73. The van der Waals surface area contributed by atoms with Crippen molar-refractivity contribution in [3.63, 3.8) is 0 Å². The fraction of sp³-hybridized carbons (Fsp3) is 0.250. The highest BCUT2D eigenvalue weighted by Gasteiger charge is 2.17. The van der Waals surface area contributed by atoms with Gasteiger partial charge in [0.05, 0.1) is 6.04 Å². The van der Waals surface area contributed by atoms with Gasteiger partial charge in [-0.1, -0.05) is 35.9 Å². The summed E-state index contributed by atoms with van der Waals surface area (Å²) < 4.78 is 0. The lowest BCUT2D eigenvalue weighted by atomic mass is 10.0. The van der Waals surface area contributed by atoms with E-state index in [-0.39, 0.29) is 11.9 Å². The summed E-state index contributed by atoms with van der Waals surface area (Å²) >= 11 is 5.85. The highest BCUT2D eigenvalue weighted by atomic mass is 35.5. The quantitative estimate of drug-likeness (QED) is 0.845. The number of nitrogens with zero attached hydrogens (tertiary/aromatic N) is 1. The minimum Gasteiger partial charge on any atom is -0.374 e. The molecule has 0 aliphatic carbocycles. The summed E-state index contributed by atoms with van der Waals surface area (Å²) in [7, 11) is 2.11. The highest BCUT2D eigenvalue weighted by Crippen LogP contribution is 2.29. The Morgan fingerprint density at radius 1 is 1.25 bits per heavy atom. The van der Waals surface area contributed by atoms with E-state index in [0.717, 1.165) is 24.1 Å². The number of carbonyl (C=O) groups is 1. The van der Waals surface area contributed by atoms with Gasteiger partial charge in [0.1, 0.15) is 0 Å². The standard InChI is InChI=1S/C20H21ClN2O/c1-14(16-6-9-19-17(13-16)11-12-23(19)2)22-20(24)10-5-15-3-7-18(21)8-4-15/h3-10,13-14H,11-12H2,1-2H3,(H,22,24)/b10-5+. The molecule has 3 rings (SSSR count). The minimum absolute atomic E-state index is 0.0245. The lowest BCUT2D eigenvalue weighted by Crippen LogP contribution is -2.24. The molecule has 0 saturated carbocycles. The fourth-order valence-corrected chi connectivity index (χ4v) is 3.07. The van der Waals surface area contributed by atoms with Crippen LogP contribution in [0.25, 0.3) is 6.08 Å². The van der Waals surface area contributed by atoms with E-state index in [2.05, 4.69) is 35.5 Å². The zero-order chi connectivity index (χ0) is 17.1. The van der Waals surface area contributed by atoms with Crippen molar-refractivity contribution in [2.24, 2.45) is 0 Å². The van der Waals surface area contributed by atoms with Crippen molar-refractivity contribution in [2.45, 2.75) is 19.4 Å². The van der Waals surface area contributed by atoms with Crippen LogP contribution in [0.15, 0.2) is 48.5 Å². The third-order valence-corrected chi connectivity index (χ3v) is 4.64. The van der Waals surface area contributed by atoms with Crippen LogP contribution in [-0.2, 0) is 11.2 Å². The van der Waals surface area contributed by atoms with Gasteiger partial charge in [-0.2, -0.15) is 0 Å². The second-order valence-corrected chi connectivity index (χ2v) is 6.61. The molecule has 1 atom stereocenters. The first-order valence-electron chi connectivity index (χ1n) is 8.11. The number of hydrogen-bond acceptors (Lipinski definition) is 2. The summed E-state index contributed by atoms with van der Waals surface area (Å²) in [5, 5.41) is 3.70. The van der Waals surface area contributed by atoms with Crippen molar-refractivity contribution in [3.05, 3.63) is 70.3 Å². The molecule has 3 nitrogen and oxygen atoms in total. The molecule has 2 aromatic rings. The predicted molar refractivity (Wildman–Crippen MR) is 100 cm³/mol. The number of nitrogens with one attached hydrogen (secondary N) is 1. The van der Waals surface area contributed by atoms with E-state index in [4.69, 9.17) is 11.6 Å². The van der Waals surface area contributed by atoms with Crippen molar-refractivity contribution in [3.8, 4) is 0 Å². The molecule has 0 fully saturated rings. The van der Waals surface area contributed by atoms with E-state index in [1.165, 1.54) is 11.3 Å². The molecule has 24 heavy (non-hydrogen) atoms. The van der Waals surface area contributed by atoms with Gasteiger partial charge >= 0.3 is 0 Å². The number of anilines is 1. The number of amides is 1. The van der Waals surface area contributed by atoms with Crippen LogP contribution in [0.3, 0.4) is 0 Å². The Bertz CT molecular complexity index is 768. The van der Waals surface area contributed by atoms with Gasteiger partial charge in [-0.3, -0.25) is 4.79 Å². The molecule has 0 bridgehead atoms. The number of halogens is 1. The maximum Gasteiger partial charge on any atom is 0.244 e. The SMILES string of the molecule is CC(NC(=O)/C=C/c1ccc(Cl)cc1)c1ccc2c(c1)CCN2C. The van der Waals surface area contributed by atoms with Crippen LogP contribution in [-0.4, -0.2) is 19.5 Å². The molecule has 1 aliphatic rings. The number of fused-ring (bicyclic) bond motifs is 1. The van der Waals surface area contributed by atoms with Crippen molar-refractivity contribution in [1.29, 1.82) is 0 Å². The van der Waals surface area contributed by atoms with Gasteiger partial charge in [0, 0.05) is 30.4 Å². The molecule has 1 unspecified atom stereocenters. The topological polar surface area (TPSA) is 32.3 Å². The molecular weight excluding hydrogens is 320 g/mol. The van der Waals surface area contributed by atoms with Crippen LogP contribution in [0.5, 0.6) is 0 Å². The average molecular weight is 341 g/mol. The first-order chi connectivity index (χ1) is 11.5. The lowest BCUT2D eigenvalue weighted by molar-refractivity contribution is -0.117. The molecule has 2 aromatic carbocycles. The Kier molecular flexibility index (Phi) is 4.91. The van der Waals surface area contributed by atoms with Crippen LogP contribution >= 0.6 is 11.6 Å². The number of likely N-dealkylation sites (N-methyl/N-ethyl adjacent to an activating group) is 1. The number of rotatable bonds is 4. The Morgan fingerprint density at radius 2 is 2.00 bits per heavy atom. The van der Waals surface area contributed by atoms with Gasteiger partial charge < -0.3 is 10.2 Å². The van der Waals surface area contributed by atoms with E-state index in [1.54, 1.807) is 12.2 Å². The maximum absolute atomic E-state index is 12.1. The molecule has 0 spiro atoms. The zero-order valence-corrected chi connectivity index (χ0v) is 14.7. The molecule has 1 heterocycles. The van der Waals surface area contributed by atoms with Gasteiger partial charge in [-0.05, 0) is 54.3 Å². The first kappa shape index (κ1) is 16.6. The zero-order valence-electron chi connectivity index (χ0n) is 13.9. The number of hydrogen-bond donors (Lipinski definition) is 1. The first-order valence-corrected chi connectivity index (χ1v) is 8.49. The molecule has 0 aromatic heterocycles. The molecule has 1 aliphatic heterocycles. The molecule has 0 radical (unpaired) electrons. The van der Waals surface area contributed by atoms with Crippen molar-refractivity contribution in [1.82, 2.24) is 5.32 Å².